The zero-order valence-corrected chi connectivity index (χ0v) is 10.8. The maximum absolute atomic E-state index is 11.1. The van der Waals surface area contributed by atoms with Gasteiger partial charge >= 0.3 is 5.97 Å². The van der Waals surface area contributed by atoms with Crippen LogP contribution in [0.2, 0.25) is 0 Å². The van der Waals surface area contributed by atoms with Crippen LogP contribution in [0.25, 0.3) is 0 Å². The van der Waals surface area contributed by atoms with Gasteiger partial charge in [0.2, 0.25) is 0 Å². The van der Waals surface area contributed by atoms with E-state index in [0.717, 1.165) is 9.88 Å². The van der Waals surface area contributed by atoms with Crippen LogP contribution in [0.3, 0.4) is 0 Å². The number of thiazole rings is 1. The van der Waals surface area contributed by atoms with Crippen molar-refractivity contribution < 1.29 is 9.90 Å². The number of aromatic nitrogens is 1. The summed E-state index contributed by atoms with van der Waals surface area (Å²) >= 11 is 1.66. The van der Waals surface area contributed by atoms with Gasteiger partial charge in [-0.2, -0.15) is 0 Å². The minimum absolute atomic E-state index is 0.118. The molecule has 1 saturated carbocycles. The number of carbonyl (C=O) groups is 1. The second-order valence-corrected chi connectivity index (χ2v) is 6.46. The third-order valence-corrected chi connectivity index (χ3v) is 4.82. The van der Waals surface area contributed by atoms with Crippen LogP contribution in [0.1, 0.15) is 49.4 Å². The Bertz CT molecular complexity index is 422. The first-order valence-corrected chi connectivity index (χ1v) is 6.35. The van der Waals surface area contributed by atoms with Gasteiger partial charge in [0.05, 0.1) is 10.9 Å². The summed E-state index contributed by atoms with van der Waals surface area (Å²) in [5, 5.41) is 10.2. The highest BCUT2D eigenvalue weighted by Gasteiger charge is 2.63. The van der Waals surface area contributed by atoms with Gasteiger partial charge in [0.1, 0.15) is 0 Å². The monoisotopic (exact) mass is 239 g/mol. The first-order chi connectivity index (χ1) is 7.35. The molecule has 0 aromatic carbocycles. The fraction of sp³-hybridized carbons (Fsp3) is 0.667. The van der Waals surface area contributed by atoms with Crippen LogP contribution < -0.4 is 0 Å². The molecule has 2 atom stereocenters. The summed E-state index contributed by atoms with van der Waals surface area (Å²) in [5.74, 6) is -0.360. The van der Waals surface area contributed by atoms with Gasteiger partial charge in [0.15, 0.2) is 0 Å². The van der Waals surface area contributed by atoms with E-state index in [4.69, 9.17) is 5.11 Å². The molecule has 0 aliphatic heterocycles. The van der Waals surface area contributed by atoms with Gasteiger partial charge in [-0.3, -0.25) is 4.79 Å². The van der Waals surface area contributed by atoms with E-state index in [9.17, 15) is 4.79 Å². The average Bonchev–Trinajstić information content (AvgIpc) is 2.60. The zero-order valence-electron chi connectivity index (χ0n) is 10.0. The predicted molar refractivity (Wildman–Crippen MR) is 63.9 cm³/mol. The van der Waals surface area contributed by atoms with Crippen molar-refractivity contribution >= 4 is 17.3 Å². The molecule has 4 heteroatoms. The van der Waals surface area contributed by atoms with Crippen LogP contribution in [0.15, 0.2) is 6.20 Å². The summed E-state index contributed by atoms with van der Waals surface area (Å²) in [7, 11) is 0. The molecule has 1 fully saturated rings. The van der Waals surface area contributed by atoms with Crippen molar-refractivity contribution in [3.8, 4) is 0 Å². The molecule has 1 aliphatic rings. The van der Waals surface area contributed by atoms with Crippen molar-refractivity contribution in [2.45, 2.75) is 39.5 Å². The molecule has 2 rings (SSSR count). The lowest BCUT2D eigenvalue weighted by Gasteiger charge is -1.98. The fourth-order valence-electron chi connectivity index (χ4n) is 2.34. The summed E-state index contributed by atoms with van der Waals surface area (Å²) in [6, 6.07) is 0. The molecular formula is C12H17NO2S. The Balaban J connectivity index is 2.23. The Hall–Kier alpha value is -0.900. The number of aliphatic carboxylic acids is 1. The van der Waals surface area contributed by atoms with E-state index in [0.29, 0.717) is 5.92 Å². The molecule has 1 aromatic rings. The minimum Gasteiger partial charge on any atom is -0.481 e. The number of nitrogens with zero attached hydrogens (tertiary/aromatic N) is 1. The molecule has 0 spiro atoms. The highest BCUT2D eigenvalue weighted by atomic mass is 32.1. The fourth-order valence-corrected chi connectivity index (χ4v) is 3.60. The Kier molecular flexibility index (Phi) is 2.57. The molecule has 0 amide bonds. The van der Waals surface area contributed by atoms with Crippen molar-refractivity contribution in [1.29, 1.82) is 0 Å². The molecule has 88 valence electrons. The third-order valence-electron chi connectivity index (χ3n) is 3.44. The Labute approximate surface area is 99.5 Å². The van der Waals surface area contributed by atoms with Gasteiger partial charge < -0.3 is 5.11 Å². The number of hydrogen-bond donors (Lipinski definition) is 1. The van der Waals surface area contributed by atoms with Crippen molar-refractivity contribution in [2.75, 3.05) is 0 Å². The Morgan fingerprint density at radius 2 is 2.19 bits per heavy atom. The van der Waals surface area contributed by atoms with E-state index in [1.807, 2.05) is 20.0 Å². The zero-order chi connectivity index (χ0) is 12.1. The molecule has 1 N–H and O–H groups in total. The smallest absolute Gasteiger partial charge is 0.307 e. The Morgan fingerprint density at radius 1 is 1.56 bits per heavy atom. The molecule has 0 radical (unpaired) electrons. The second kappa shape index (κ2) is 3.55. The lowest BCUT2D eigenvalue weighted by Crippen LogP contribution is -2.02. The maximum atomic E-state index is 11.1. The molecular weight excluding hydrogens is 222 g/mol. The van der Waals surface area contributed by atoms with E-state index >= 15 is 0 Å². The van der Waals surface area contributed by atoms with E-state index in [1.54, 1.807) is 11.3 Å². The van der Waals surface area contributed by atoms with Crippen molar-refractivity contribution in [3.05, 3.63) is 16.1 Å². The number of carboxylic acids is 1. The van der Waals surface area contributed by atoms with Crippen LogP contribution >= 0.6 is 11.3 Å². The molecule has 0 unspecified atom stereocenters. The first kappa shape index (κ1) is 11.6. The highest BCUT2D eigenvalue weighted by Crippen LogP contribution is 2.65. The summed E-state index contributed by atoms with van der Waals surface area (Å²) in [4.78, 5) is 16.6. The molecule has 3 nitrogen and oxygen atoms in total. The quantitative estimate of drug-likeness (QED) is 0.881. The molecule has 0 bridgehead atoms. The van der Waals surface area contributed by atoms with E-state index < -0.39 is 5.97 Å². The van der Waals surface area contributed by atoms with Crippen LogP contribution in [-0.4, -0.2) is 16.1 Å². The summed E-state index contributed by atoms with van der Waals surface area (Å²) < 4.78 is 0. The maximum Gasteiger partial charge on any atom is 0.307 e. The SMILES string of the molecule is CC(C)c1ncc([C@@H]2[C@@H](C(=O)O)C2(C)C)s1. The van der Waals surface area contributed by atoms with Crippen LogP contribution in [0.5, 0.6) is 0 Å². The summed E-state index contributed by atoms with van der Waals surface area (Å²) in [6.45, 7) is 8.25. The number of hydrogen-bond acceptors (Lipinski definition) is 3. The van der Waals surface area contributed by atoms with E-state index in [2.05, 4.69) is 18.8 Å². The molecule has 0 saturated heterocycles. The summed E-state index contributed by atoms with van der Waals surface area (Å²) in [6.07, 6.45) is 1.86. The van der Waals surface area contributed by atoms with E-state index in [1.165, 1.54) is 0 Å². The molecule has 1 aromatic heterocycles. The molecule has 16 heavy (non-hydrogen) atoms. The molecule has 1 heterocycles. The number of rotatable bonds is 3. The van der Waals surface area contributed by atoms with Gasteiger partial charge in [-0.15, -0.1) is 11.3 Å². The topological polar surface area (TPSA) is 50.2 Å². The second-order valence-electron chi connectivity index (χ2n) is 5.37. The third kappa shape index (κ3) is 1.65. The van der Waals surface area contributed by atoms with Gasteiger partial charge in [-0.25, -0.2) is 4.98 Å². The lowest BCUT2D eigenvalue weighted by molar-refractivity contribution is -0.139. The molecule has 1 aliphatic carbocycles. The van der Waals surface area contributed by atoms with E-state index in [-0.39, 0.29) is 17.3 Å². The number of carboxylic acid groups (broad SMARTS) is 1. The predicted octanol–water partition coefficient (Wildman–Crippen LogP) is 3.09. The van der Waals surface area contributed by atoms with Gasteiger partial charge in [0, 0.05) is 22.9 Å². The Morgan fingerprint density at radius 3 is 2.56 bits per heavy atom. The van der Waals surface area contributed by atoms with Crippen LogP contribution in [-0.2, 0) is 4.79 Å². The first-order valence-electron chi connectivity index (χ1n) is 5.54. The summed E-state index contributed by atoms with van der Waals surface area (Å²) in [5.41, 5.74) is -0.118. The van der Waals surface area contributed by atoms with Gasteiger partial charge in [0.25, 0.3) is 0 Å². The van der Waals surface area contributed by atoms with Crippen LogP contribution in [0.4, 0.5) is 0 Å². The van der Waals surface area contributed by atoms with Gasteiger partial charge in [-0.05, 0) is 5.41 Å². The normalized spacial score (nSPS) is 27.1. The van der Waals surface area contributed by atoms with Crippen LogP contribution in [0, 0.1) is 11.3 Å². The minimum atomic E-state index is -0.686. The largest absolute Gasteiger partial charge is 0.481 e. The van der Waals surface area contributed by atoms with Gasteiger partial charge in [-0.1, -0.05) is 27.7 Å². The van der Waals surface area contributed by atoms with Crippen molar-refractivity contribution in [2.24, 2.45) is 11.3 Å². The lowest BCUT2D eigenvalue weighted by atomic mass is 10.1. The van der Waals surface area contributed by atoms with Crippen molar-refractivity contribution in [3.63, 3.8) is 0 Å². The standard InChI is InChI=1S/C12H17NO2S/c1-6(2)10-13-5-7(16-10)8-9(11(14)15)12(8,3)4/h5-6,8-9H,1-4H3,(H,14,15)/t8-,9+/m1/s1. The van der Waals surface area contributed by atoms with Crippen molar-refractivity contribution in [1.82, 2.24) is 4.98 Å². The average molecular weight is 239 g/mol. The highest BCUT2D eigenvalue weighted by molar-refractivity contribution is 7.11.